The number of amides is 1. The Hall–Kier alpha value is -3.80. The van der Waals surface area contributed by atoms with Crippen LogP contribution in [-0.2, 0) is 11.4 Å². The summed E-state index contributed by atoms with van der Waals surface area (Å²) in [5, 5.41) is 0. The fraction of sp³-hybridized carbons (Fsp3) is 0.0909. The van der Waals surface area contributed by atoms with E-state index in [0.717, 1.165) is 22.3 Å². The number of carbonyl (C=O) groups is 1. The number of hydrogen-bond acceptors (Lipinski definition) is 4. The SMILES string of the molecule is O=C(COc1ccc(OCc2ccccc2)cc1)Nn1cnc2ccccc21. The van der Waals surface area contributed by atoms with Gasteiger partial charge in [-0.15, -0.1) is 0 Å². The molecule has 6 nitrogen and oxygen atoms in total. The van der Waals surface area contributed by atoms with E-state index in [4.69, 9.17) is 9.47 Å². The fourth-order valence-corrected chi connectivity index (χ4v) is 2.74. The number of hydrogen-bond donors (Lipinski definition) is 1. The van der Waals surface area contributed by atoms with Gasteiger partial charge in [0.05, 0.1) is 11.0 Å². The van der Waals surface area contributed by atoms with E-state index in [0.29, 0.717) is 12.4 Å². The molecule has 0 aliphatic heterocycles. The summed E-state index contributed by atoms with van der Waals surface area (Å²) in [6.07, 6.45) is 1.57. The Bertz CT molecular complexity index is 1060. The molecule has 0 saturated carbocycles. The van der Waals surface area contributed by atoms with Crippen molar-refractivity contribution < 1.29 is 14.3 Å². The van der Waals surface area contributed by atoms with Crippen molar-refractivity contribution in [3.8, 4) is 11.5 Å². The molecule has 28 heavy (non-hydrogen) atoms. The molecule has 0 aliphatic carbocycles. The van der Waals surface area contributed by atoms with Crippen molar-refractivity contribution in [1.82, 2.24) is 9.66 Å². The molecule has 3 aromatic carbocycles. The lowest BCUT2D eigenvalue weighted by Gasteiger charge is -2.10. The highest BCUT2D eigenvalue weighted by molar-refractivity contribution is 5.87. The van der Waals surface area contributed by atoms with Gasteiger partial charge in [0.15, 0.2) is 6.61 Å². The van der Waals surface area contributed by atoms with Gasteiger partial charge in [0.25, 0.3) is 5.91 Å². The monoisotopic (exact) mass is 373 g/mol. The summed E-state index contributed by atoms with van der Waals surface area (Å²) in [5.41, 5.74) is 5.50. The second-order valence-electron chi connectivity index (χ2n) is 6.17. The standard InChI is InChI=1S/C22H19N3O3/c26-22(24-25-16-23-20-8-4-5-9-21(20)25)15-28-19-12-10-18(11-13-19)27-14-17-6-2-1-3-7-17/h1-13,16H,14-15H2,(H,24,26). The van der Waals surface area contributed by atoms with Gasteiger partial charge in [0.2, 0.25) is 0 Å². The molecule has 4 aromatic rings. The normalized spacial score (nSPS) is 10.6. The van der Waals surface area contributed by atoms with Crippen molar-refractivity contribution in [2.75, 3.05) is 12.0 Å². The molecule has 0 bridgehead atoms. The zero-order valence-corrected chi connectivity index (χ0v) is 15.1. The Morgan fingerprint density at radius 2 is 1.54 bits per heavy atom. The van der Waals surface area contributed by atoms with Crippen LogP contribution in [0.4, 0.5) is 0 Å². The lowest BCUT2D eigenvalue weighted by Crippen LogP contribution is -2.27. The van der Waals surface area contributed by atoms with E-state index in [1.807, 2.05) is 66.7 Å². The number of nitrogens with zero attached hydrogens (tertiary/aromatic N) is 2. The van der Waals surface area contributed by atoms with Crippen LogP contribution in [0.3, 0.4) is 0 Å². The van der Waals surface area contributed by atoms with Gasteiger partial charge >= 0.3 is 0 Å². The number of rotatable bonds is 7. The minimum Gasteiger partial charge on any atom is -0.489 e. The van der Waals surface area contributed by atoms with Crippen LogP contribution in [0.1, 0.15) is 5.56 Å². The largest absolute Gasteiger partial charge is 0.489 e. The zero-order chi connectivity index (χ0) is 19.2. The van der Waals surface area contributed by atoms with Gasteiger partial charge in [0.1, 0.15) is 24.4 Å². The molecule has 0 aliphatic rings. The quantitative estimate of drug-likeness (QED) is 0.536. The maximum absolute atomic E-state index is 12.1. The second-order valence-corrected chi connectivity index (χ2v) is 6.17. The van der Waals surface area contributed by atoms with E-state index >= 15 is 0 Å². The number of para-hydroxylation sites is 2. The van der Waals surface area contributed by atoms with Crippen LogP contribution in [0.15, 0.2) is 85.2 Å². The maximum Gasteiger partial charge on any atom is 0.276 e. The summed E-state index contributed by atoms with van der Waals surface area (Å²) in [6.45, 7) is 0.402. The van der Waals surface area contributed by atoms with Gasteiger partial charge < -0.3 is 9.47 Å². The molecular formula is C22H19N3O3. The van der Waals surface area contributed by atoms with Gasteiger partial charge in [-0.25, -0.2) is 9.66 Å². The van der Waals surface area contributed by atoms with Gasteiger partial charge in [-0.3, -0.25) is 10.2 Å². The van der Waals surface area contributed by atoms with Crippen LogP contribution < -0.4 is 14.9 Å². The average molecular weight is 373 g/mol. The van der Waals surface area contributed by atoms with E-state index in [1.165, 1.54) is 0 Å². The molecule has 1 heterocycles. The van der Waals surface area contributed by atoms with Crippen LogP contribution in [0.5, 0.6) is 11.5 Å². The van der Waals surface area contributed by atoms with Gasteiger partial charge in [-0.2, -0.15) is 0 Å². The molecule has 1 amide bonds. The Labute approximate surface area is 162 Å². The fourth-order valence-electron chi connectivity index (χ4n) is 2.74. The Balaban J connectivity index is 1.28. The van der Waals surface area contributed by atoms with Crippen molar-refractivity contribution in [3.05, 3.63) is 90.8 Å². The number of nitrogens with one attached hydrogen (secondary N) is 1. The van der Waals surface area contributed by atoms with E-state index in [9.17, 15) is 4.79 Å². The summed E-state index contributed by atoms with van der Waals surface area (Å²) in [6, 6.07) is 24.7. The van der Waals surface area contributed by atoms with Crippen LogP contribution in [0.25, 0.3) is 11.0 Å². The van der Waals surface area contributed by atoms with Gasteiger partial charge in [0, 0.05) is 0 Å². The highest BCUT2D eigenvalue weighted by Gasteiger charge is 2.07. The van der Waals surface area contributed by atoms with Crippen LogP contribution >= 0.6 is 0 Å². The topological polar surface area (TPSA) is 65.4 Å². The first-order valence-electron chi connectivity index (χ1n) is 8.89. The lowest BCUT2D eigenvalue weighted by molar-refractivity contribution is -0.119. The van der Waals surface area contributed by atoms with Crippen molar-refractivity contribution in [2.24, 2.45) is 0 Å². The molecule has 4 rings (SSSR count). The van der Waals surface area contributed by atoms with Crippen molar-refractivity contribution in [3.63, 3.8) is 0 Å². The number of ether oxygens (including phenoxy) is 2. The summed E-state index contributed by atoms with van der Waals surface area (Å²) in [4.78, 5) is 16.4. The lowest BCUT2D eigenvalue weighted by atomic mass is 10.2. The Morgan fingerprint density at radius 3 is 2.32 bits per heavy atom. The molecule has 0 radical (unpaired) electrons. The maximum atomic E-state index is 12.1. The molecule has 140 valence electrons. The number of imidazole rings is 1. The molecule has 0 fully saturated rings. The number of carbonyl (C=O) groups excluding carboxylic acids is 1. The highest BCUT2D eigenvalue weighted by atomic mass is 16.5. The zero-order valence-electron chi connectivity index (χ0n) is 15.1. The van der Waals surface area contributed by atoms with Crippen molar-refractivity contribution >= 4 is 16.9 Å². The second kappa shape index (κ2) is 8.26. The average Bonchev–Trinajstić information content (AvgIpc) is 3.15. The first-order valence-corrected chi connectivity index (χ1v) is 8.89. The molecule has 6 heteroatoms. The van der Waals surface area contributed by atoms with Gasteiger partial charge in [-0.05, 0) is 42.0 Å². The van der Waals surface area contributed by atoms with Crippen LogP contribution in [0.2, 0.25) is 0 Å². The molecule has 1 N–H and O–H groups in total. The first-order chi connectivity index (χ1) is 13.8. The molecule has 0 spiro atoms. The molecule has 0 atom stereocenters. The van der Waals surface area contributed by atoms with Gasteiger partial charge in [-0.1, -0.05) is 42.5 Å². The predicted molar refractivity (Wildman–Crippen MR) is 107 cm³/mol. The Morgan fingerprint density at radius 1 is 0.857 bits per heavy atom. The van der Waals surface area contributed by atoms with Crippen LogP contribution in [-0.4, -0.2) is 22.2 Å². The third-order valence-corrected chi connectivity index (χ3v) is 4.14. The molecule has 0 saturated heterocycles. The van der Waals surface area contributed by atoms with E-state index in [1.54, 1.807) is 23.1 Å². The number of fused-ring (bicyclic) bond motifs is 1. The minimum absolute atomic E-state index is 0.100. The van der Waals surface area contributed by atoms with E-state index in [-0.39, 0.29) is 12.5 Å². The Kier molecular flexibility index (Phi) is 5.20. The van der Waals surface area contributed by atoms with Crippen molar-refractivity contribution in [1.29, 1.82) is 0 Å². The highest BCUT2D eigenvalue weighted by Crippen LogP contribution is 2.18. The summed E-state index contributed by atoms with van der Waals surface area (Å²) in [5.74, 6) is 1.07. The van der Waals surface area contributed by atoms with E-state index in [2.05, 4.69) is 10.4 Å². The third-order valence-electron chi connectivity index (χ3n) is 4.14. The number of aromatic nitrogens is 2. The summed E-state index contributed by atoms with van der Waals surface area (Å²) < 4.78 is 12.9. The molecular weight excluding hydrogens is 354 g/mol. The number of benzene rings is 3. The first kappa shape index (κ1) is 17.6. The summed E-state index contributed by atoms with van der Waals surface area (Å²) >= 11 is 0. The molecule has 1 aromatic heterocycles. The minimum atomic E-state index is -0.271. The van der Waals surface area contributed by atoms with E-state index < -0.39 is 0 Å². The smallest absolute Gasteiger partial charge is 0.276 e. The predicted octanol–water partition coefficient (Wildman–Crippen LogP) is 3.76. The third kappa shape index (κ3) is 4.29. The van der Waals surface area contributed by atoms with Crippen LogP contribution in [0, 0.1) is 0 Å². The summed E-state index contributed by atoms with van der Waals surface area (Å²) in [7, 11) is 0. The molecule has 0 unspecified atom stereocenters. The van der Waals surface area contributed by atoms with Crippen molar-refractivity contribution in [2.45, 2.75) is 6.61 Å².